The summed E-state index contributed by atoms with van der Waals surface area (Å²) in [4.78, 5) is 0. The molecule has 3 atom stereocenters. The number of hydrogen-bond donors (Lipinski definition) is 1. The van der Waals surface area contributed by atoms with E-state index < -0.39 is 0 Å². The maximum atomic E-state index is 10.6. The lowest BCUT2D eigenvalue weighted by Crippen LogP contribution is -2.42. The lowest BCUT2D eigenvalue weighted by atomic mass is 9.70. The fourth-order valence-electron chi connectivity index (χ4n) is 3.00. The van der Waals surface area contributed by atoms with Crippen molar-refractivity contribution >= 4 is 0 Å². The van der Waals surface area contributed by atoms with Crippen molar-refractivity contribution in [2.24, 2.45) is 17.3 Å². The van der Waals surface area contributed by atoms with Crippen LogP contribution in [-0.2, 0) is 4.74 Å². The molecule has 0 aliphatic carbocycles. The Balaban J connectivity index is 2.87. The van der Waals surface area contributed by atoms with Crippen LogP contribution in [0.15, 0.2) is 0 Å². The fourth-order valence-corrected chi connectivity index (χ4v) is 3.00. The van der Waals surface area contributed by atoms with Crippen LogP contribution in [0.5, 0.6) is 0 Å². The van der Waals surface area contributed by atoms with E-state index in [0.717, 1.165) is 6.42 Å². The van der Waals surface area contributed by atoms with E-state index in [4.69, 9.17) is 4.74 Å². The smallest absolute Gasteiger partial charge is 0.0687 e. The quantitative estimate of drug-likeness (QED) is 0.801. The summed E-state index contributed by atoms with van der Waals surface area (Å²) in [5, 5.41) is 10.6. The van der Waals surface area contributed by atoms with Gasteiger partial charge in [-0.15, -0.1) is 0 Å². The number of aliphatic hydroxyl groups excluding tert-OH is 1. The zero-order valence-corrected chi connectivity index (χ0v) is 12.8. The Morgan fingerprint density at radius 2 is 1.65 bits per heavy atom. The van der Waals surface area contributed by atoms with Gasteiger partial charge in [0.1, 0.15) is 0 Å². The summed E-state index contributed by atoms with van der Waals surface area (Å²) in [5.41, 5.74) is -0.225. The minimum absolute atomic E-state index is 0.118. The highest BCUT2D eigenvalue weighted by Gasteiger charge is 2.50. The maximum Gasteiger partial charge on any atom is 0.0687 e. The molecular formula is C15H30O2. The summed E-state index contributed by atoms with van der Waals surface area (Å²) >= 11 is 0. The Kier molecular flexibility index (Phi) is 3.73. The van der Waals surface area contributed by atoms with Gasteiger partial charge < -0.3 is 9.84 Å². The van der Waals surface area contributed by atoms with Crippen molar-refractivity contribution in [1.82, 2.24) is 0 Å². The fraction of sp³-hybridized carbons (Fsp3) is 1.00. The standard InChI is InChI=1S/C15H30O2/c1-10(13(2,3)4)12(16)11-9-14(5,6)17-15(11,7)8/h10-12,16H,9H2,1-8H3. The molecule has 17 heavy (non-hydrogen) atoms. The normalized spacial score (nSPS) is 31.2. The lowest BCUT2D eigenvalue weighted by molar-refractivity contribution is -0.0987. The largest absolute Gasteiger partial charge is 0.392 e. The van der Waals surface area contributed by atoms with Gasteiger partial charge in [0.2, 0.25) is 0 Å². The zero-order valence-electron chi connectivity index (χ0n) is 12.8. The van der Waals surface area contributed by atoms with Crippen LogP contribution >= 0.6 is 0 Å². The molecule has 1 rings (SSSR count). The first-order valence-electron chi connectivity index (χ1n) is 6.75. The first kappa shape index (κ1) is 15.0. The van der Waals surface area contributed by atoms with Crippen LogP contribution in [0.4, 0.5) is 0 Å². The van der Waals surface area contributed by atoms with Crippen LogP contribution in [-0.4, -0.2) is 22.4 Å². The summed E-state index contributed by atoms with van der Waals surface area (Å²) in [5.74, 6) is 0.482. The molecule has 2 nitrogen and oxygen atoms in total. The van der Waals surface area contributed by atoms with Gasteiger partial charge in [-0.25, -0.2) is 0 Å². The van der Waals surface area contributed by atoms with Crippen molar-refractivity contribution < 1.29 is 9.84 Å². The first-order valence-corrected chi connectivity index (χ1v) is 6.75. The molecule has 1 N–H and O–H groups in total. The summed E-state index contributed by atoms with van der Waals surface area (Å²) in [6, 6.07) is 0. The first-order chi connectivity index (χ1) is 7.37. The highest BCUT2D eigenvalue weighted by atomic mass is 16.5. The number of hydrogen-bond acceptors (Lipinski definition) is 2. The van der Waals surface area contributed by atoms with Crippen LogP contribution in [0, 0.1) is 17.3 Å². The molecule has 1 aliphatic rings. The minimum atomic E-state index is -0.299. The van der Waals surface area contributed by atoms with Crippen molar-refractivity contribution in [3.05, 3.63) is 0 Å². The topological polar surface area (TPSA) is 29.5 Å². The Labute approximate surface area is 107 Å². The van der Waals surface area contributed by atoms with Gasteiger partial charge in [0.15, 0.2) is 0 Å². The molecule has 1 fully saturated rings. The molecule has 1 saturated heterocycles. The van der Waals surface area contributed by atoms with E-state index in [2.05, 4.69) is 55.4 Å². The number of ether oxygens (including phenoxy) is 1. The number of rotatable bonds is 2. The van der Waals surface area contributed by atoms with Crippen LogP contribution in [0.2, 0.25) is 0 Å². The van der Waals surface area contributed by atoms with Crippen LogP contribution in [0.3, 0.4) is 0 Å². The molecule has 0 bridgehead atoms. The van der Waals surface area contributed by atoms with Gasteiger partial charge in [0, 0.05) is 5.92 Å². The second-order valence-corrected chi connectivity index (χ2v) is 7.92. The molecule has 0 aromatic heterocycles. The molecule has 0 aromatic carbocycles. The van der Waals surface area contributed by atoms with Crippen LogP contribution in [0.1, 0.15) is 61.8 Å². The molecule has 0 aromatic rings. The molecule has 0 amide bonds. The van der Waals surface area contributed by atoms with E-state index in [1.165, 1.54) is 0 Å². The van der Waals surface area contributed by atoms with Gasteiger partial charge in [-0.2, -0.15) is 0 Å². The summed E-state index contributed by atoms with van der Waals surface area (Å²) in [6.07, 6.45) is 0.633. The van der Waals surface area contributed by atoms with E-state index in [9.17, 15) is 5.11 Å². The van der Waals surface area contributed by atoms with E-state index in [0.29, 0.717) is 0 Å². The Bertz CT molecular complexity index is 273. The average molecular weight is 242 g/mol. The van der Waals surface area contributed by atoms with Crippen molar-refractivity contribution in [1.29, 1.82) is 0 Å². The van der Waals surface area contributed by atoms with Gasteiger partial charge in [-0.05, 0) is 45.4 Å². The number of aliphatic hydroxyl groups is 1. The predicted molar refractivity (Wildman–Crippen MR) is 72.0 cm³/mol. The van der Waals surface area contributed by atoms with Crippen LogP contribution in [0.25, 0.3) is 0 Å². The SMILES string of the molecule is CC(C(O)C1CC(C)(C)OC1(C)C)C(C)(C)C. The van der Waals surface area contributed by atoms with Gasteiger partial charge in [-0.1, -0.05) is 27.7 Å². The molecule has 1 aliphatic heterocycles. The van der Waals surface area contributed by atoms with Gasteiger partial charge in [0.25, 0.3) is 0 Å². The second kappa shape index (κ2) is 4.24. The Morgan fingerprint density at radius 3 is 1.94 bits per heavy atom. The van der Waals surface area contributed by atoms with Crippen molar-refractivity contribution in [2.45, 2.75) is 79.1 Å². The lowest BCUT2D eigenvalue weighted by Gasteiger charge is -2.38. The third-order valence-corrected chi connectivity index (χ3v) is 4.43. The highest BCUT2D eigenvalue weighted by Crippen LogP contribution is 2.46. The Hall–Kier alpha value is -0.0800. The van der Waals surface area contributed by atoms with E-state index >= 15 is 0 Å². The molecule has 2 heteroatoms. The van der Waals surface area contributed by atoms with E-state index in [1.807, 2.05) is 0 Å². The van der Waals surface area contributed by atoms with Gasteiger partial charge in [-0.3, -0.25) is 0 Å². The second-order valence-electron chi connectivity index (χ2n) is 7.92. The van der Waals surface area contributed by atoms with E-state index in [-0.39, 0.29) is 34.6 Å². The molecule has 1 heterocycles. The summed E-state index contributed by atoms with van der Waals surface area (Å²) in [7, 11) is 0. The molecule has 102 valence electrons. The van der Waals surface area contributed by atoms with Crippen molar-refractivity contribution in [3.8, 4) is 0 Å². The molecular weight excluding hydrogens is 212 g/mol. The third kappa shape index (κ3) is 3.23. The highest BCUT2D eigenvalue weighted by molar-refractivity contribution is 4.99. The molecule has 3 unspecified atom stereocenters. The zero-order chi connectivity index (χ0) is 13.6. The third-order valence-electron chi connectivity index (χ3n) is 4.43. The predicted octanol–water partition coefficient (Wildman–Crippen LogP) is 3.62. The van der Waals surface area contributed by atoms with Crippen molar-refractivity contribution in [3.63, 3.8) is 0 Å². The minimum Gasteiger partial charge on any atom is -0.392 e. The molecule has 0 saturated carbocycles. The molecule has 0 radical (unpaired) electrons. The van der Waals surface area contributed by atoms with Gasteiger partial charge in [0.05, 0.1) is 17.3 Å². The Morgan fingerprint density at radius 1 is 1.18 bits per heavy atom. The van der Waals surface area contributed by atoms with Crippen LogP contribution < -0.4 is 0 Å². The monoisotopic (exact) mass is 242 g/mol. The summed E-state index contributed by atoms with van der Waals surface area (Å²) < 4.78 is 6.07. The van der Waals surface area contributed by atoms with E-state index in [1.54, 1.807) is 0 Å². The summed E-state index contributed by atoms with van der Waals surface area (Å²) in [6.45, 7) is 17.1. The van der Waals surface area contributed by atoms with Gasteiger partial charge >= 0.3 is 0 Å². The maximum absolute atomic E-state index is 10.6. The van der Waals surface area contributed by atoms with Crippen molar-refractivity contribution in [2.75, 3.05) is 0 Å². The molecule has 0 spiro atoms. The average Bonchev–Trinajstić information content (AvgIpc) is 2.30.